The monoisotopic (exact) mass is 283 g/mol. The van der Waals surface area contributed by atoms with Crippen molar-refractivity contribution in [2.75, 3.05) is 0 Å². The molecule has 2 rings (SSSR count). The first-order valence-electron chi connectivity index (χ1n) is 5.69. The van der Waals surface area contributed by atoms with E-state index in [9.17, 15) is 9.59 Å². The molecule has 1 unspecified atom stereocenters. The van der Waals surface area contributed by atoms with Gasteiger partial charge in [0.15, 0.2) is 4.32 Å². The minimum absolute atomic E-state index is 0.0987. The van der Waals surface area contributed by atoms with Crippen molar-refractivity contribution < 1.29 is 14.7 Å². The number of amides is 2. The van der Waals surface area contributed by atoms with Crippen LogP contribution in [0.15, 0.2) is 22.6 Å². The maximum absolute atomic E-state index is 12.0. The van der Waals surface area contributed by atoms with E-state index >= 15 is 0 Å². The third-order valence-electron chi connectivity index (χ3n) is 3.13. The number of carbonyl (C=O) groups is 2. The van der Waals surface area contributed by atoms with Crippen molar-refractivity contribution in [3.8, 4) is 0 Å². The van der Waals surface area contributed by atoms with Crippen molar-refractivity contribution in [3.63, 3.8) is 0 Å². The molecule has 1 N–H and O–H groups in total. The van der Waals surface area contributed by atoms with Crippen LogP contribution in [-0.4, -0.2) is 26.3 Å². The summed E-state index contributed by atoms with van der Waals surface area (Å²) in [4.78, 5) is 24.0. The largest absolute Gasteiger partial charge is 0.464 e. The minimum Gasteiger partial charge on any atom is -0.464 e. The van der Waals surface area contributed by atoms with Gasteiger partial charge in [-0.25, -0.2) is 4.79 Å². The van der Waals surface area contributed by atoms with E-state index < -0.39 is 12.0 Å². The van der Waals surface area contributed by atoms with Gasteiger partial charge in [0.25, 0.3) is 5.91 Å². The number of thiocarbonyl (C=S) groups is 1. The fourth-order valence-electron chi connectivity index (χ4n) is 2.12. The molecule has 1 heterocycles. The Hall–Kier alpha value is -1.14. The summed E-state index contributed by atoms with van der Waals surface area (Å²) in [7, 11) is 0. The fraction of sp³-hybridized carbons (Fsp3) is 0.417. The molecule has 0 radical (unpaired) electrons. The Morgan fingerprint density at radius 2 is 2.33 bits per heavy atom. The third kappa shape index (κ3) is 2.35. The Bertz CT molecular complexity index is 482. The lowest BCUT2D eigenvalue weighted by atomic mass is 9.89. The quantitative estimate of drug-likeness (QED) is 0.455. The highest BCUT2D eigenvalue weighted by atomic mass is 32.2. The Morgan fingerprint density at radius 3 is 2.83 bits per heavy atom. The topological polar surface area (TPSA) is 57.6 Å². The second-order valence-corrected chi connectivity index (χ2v) is 5.91. The molecule has 1 saturated heterocycles. The highest BCUT2D eigenvalue weighted by Gasteiger charge is 2.38. The van der Waals surface area contributed by atoms with E-state index in [-0.39, 0.29) is 10.2 Å². The Balaban J connectivity index is 2.31. The molecule has 2 amide bonds. The summed E-state index contributed by atoms with van der Waals surface area (Å²) < 4.78 is 0.0987. The van der Waals surface area contributed by atoms with Gasteiger partial charge in [0.2, 0.25) is 0 Å². The molecule has 0 aromatic heterocycles. The lowest BCUT2D eigenvalue weighted by Crippen LogP contribution is -2.33. The van der Waals surface area contributed by atoms with E-state index in [2.05, 4.69) is 12.2 Å². The van der Waals surface area contributed by atoms with E-state index in [0.29, 0.717) is 9.81 Å². The van der Waals surface area contributed by atoms with Gasteiger partial charge in [-0.3, -0.25) is 4.79 Å². The molecule has 0 aromatic carbocycles. The number of nitrogens with zero attached hydrogens (tertiary/aromatic N) is 1. The minimum atomic E-state index is -1.31. The van der Waals surface area contributed by atoms with E-state index in [1.165, 1.54) is 0 Å². The normalized spacial score (nSPS) is 26.7. The zero-order valence-electron chi connectivity index (χ0n) is 9.88. The van der Waals surface area contributed by atoms with Gasteiger partial charge in [-0.15, -0.1) is 0 Å². The number of rotatable bonds is 1. The van der Waals surface area contributed by atoms with Gasteiger partial charge in [-0.1, -0.05) is 36.1 Å². The van der Waals surface area contributed by atoms with Gasteiger partial charge >= 0.3 is 6.09 Å². The highest BCUT2D eigenvalue weighted by molar-refractivity contribution is 8.26. The van der Waals surface area contributed by atoms with Crippen molar-refractivity contribution in [3.05, 3.63) is 22.6 Å². The lowest BCUT2D eigenvalue weighted by molar-refractivity contribution is -0.120. The van der Waals surface area contributed by atoms with Crippen LogP contribution in [0.25, 0.3) is 0 Å². The van der Waals surface area contributed by atoms with Gasteiger partial charge < -0.3 is 5.11 Å². The molecule has 0 saturated carbocycles. The predicted octanol–water partition coefficient (Wildman–Crippen LogP) is 3.16. The first-order valence-corrected chi connectivity index (χ1v) is 6.91. The molecule has 1 atom stereocenters. The molecular formula is C12H13NO3S2. The van der Waals surface area contributed by atoms with Crippen molar-refractivity contribution in [1.82, 2.24) is 4.90 Å². The second-order valence-electron chi connectivity index (χ2n) is 4.27. The number of hydrogen-bond acceptors (Lipinski definition) is 4. The van der Waals surface area contributed by atoms with Crippen LogP contribution in [0.5, 0.6) is 0 Å². The first-order chi connectivity index (χ1) is 8.52. The van der Waals surface area contributed by atoms with Gasteiger partial charge in [0.1, 0.15) is 0 Å². The first kappa shape index (κ1) is 13.3. The average Bonchev–Trinajstić information content (AvgIpc) is 2.65. The van der Waals surface area contributed by atoms with Crippen LogP contribution in [0.1, 0.15) is 26.2 Å². The van der Waals surface area contributed by atoms with Crippen LogP contribution < -0.4 is 0 Å². The van der Waals surface area contributed by atoms with Crippen molar-refractivity contribution in [2.24, 2.45) is 5.92 Å². The SMILES string of the molecule is CC(=C1SC(=S)N(C(=O)O)C1=O)C1C=CCCC1. The van der Waals surface area contributed by atoms with Gasteiger partial charge in [-0.05, 0) is 37.7 Å². The summed E-state index contributed by atoms with van der Waals surface area (Å²) >= 11 is 6.01. The maximum Gasteiger partial charge on any atom is 0.420 e. The van der Waals surface area contributed by atoms with Crippen molar-refractivity contribution in [1.29, 1.82) is 0 Å². The molecule has 2 aliphatic rings. The summed E-state index contributed by atoms with van der Waals surface area (Å²) in [5.74, 6) is -0.282. The standard InChI is InChI=1S/C12H13NO3S2/c1-7(8-5-3-2-4-6-8)9-10(14)13(11(15)16)12(17)18-9/h3,5,8H,2,4,6H2,1H3,(H,15,16). The summed E-state index contributed by atoms with van der Waals surface area (Å²) in [5.41, 5.74) is 0.923. The van der Waals surface area contributed by atoms with Crippen LogP contribution in [0.4, 0.5) is 4.79 Å². The molecule has 0 aromatic rings. The Kier molecular flexibility index (Phi) is 3.87. The molecule has 1 aliphatic carbocycles. The Labute approximate surface area is 115 Å². The van der Waals surface area contributed by atoms with Gasteiger partial charge in [0.05, 0.1) is 4.91 Å². The zero-order valence-corrected chi connectivity index (χ0v) is 11.5. The van der Waals surface area contributed by atoms with E-state index in [1.807, 2.05) is 6.92 Å². The number of allylic oxidation sites excluding steroid dienone is 3. The molecule has 4 nitrogen and oxygen atoms in total. The Morgan fingerprint density at radius 1 is 1.61 bits per heavy atom. The molecule has 18 heavy (non-hydrogen) atoms. The van der Waals surface area contributed by atoms with Crippen molar-refractivity contribution >= 4 is 40.3 Å². The van der Waals surface area contributed by atoms with Crippen LogP contribution in [-0.2, 0) is 4.79 Å². The summed E-state index contributed by atoms with van der Waals surface area (Å²) in [6, 6.07) is 0. The lowest BCUT2D eigenvalue weighted by Gasteiger charge is -2.18. The van der Waals surface area contributed by atoms with E-state index in [0.717, 1.165) is 36.6 Å². The van der Waals surface area contributed by atoms with Crippen LogP contribution in [0.2, 0.25) is 0 Å². The highest BCUT2D eigenvalue weighted by Crippen LogP contribution is 2.37. The van der Waals surface area contributed by atoms with Crippen LogP contribution in [0.3, 0.4) is 0 Å². The maximum atomic E-state index is 12.0. The summed E-state index contributed by atoms with van der Waals surface area (Å²) in [6.45, 7) is 1.88. The fourth-order valence-corrected chi connectivity index (χ4v) is 3.45. The summed E-state index contributed by atoms with van der Waals surface area (Å²) in [6.07, 6.45) is 6.05. The van der Waals surface area contributed by atoms with Gasteiger partial charge in [0, 0.05) is 0 Å². The number of imide groups is 1. The number of carboxylic acid groups (broad SMARTS) is 1. The molecule has 1 aliphatic heterocycles. The number of thioether (sulfide) groups is 1. The molecule has 96 valence electrons. The smallest absolute Gasteiger partial charge is 0.420 e. The second kappa shape index (κ2) is 5.24. The number of hydrogen-bond donors (Lipinski definition) is 1. The molecule has 1 fully saturated rings. The zero-order chi connectivity index (χ0) is 13.3. The molecular weight excluding hydrogens is 270 g/mol. The van der Waals surface area contributed by atoms with E-state index in [1.54, 1.807) is 0 Å². The number of carbonyl (C=O) groups excluding carboxylic acids is 1. The van der Waals surface area contributed by atoms with Crippen LogP contribution in [0, 0.1) is 5.92 Å². The average molecular weight is 283 g/mol. The summed E-state index contributed by atoms with van der Waals surface area (Å²) in [5, 5.41) is 8.93. The molecule has 6 heteroatoms. The van der Waals surface area contributed by atoms with Gasteiger partial charge in [-0.2, -0.15) is 4.90 Å². The van der Waals surface area contributed by atoms with Crippen molar-refractivity contribution in [2.45, 2.75) is 26.2 Å². The van der Waals surface area contributed by atoms with E-state index in [4.69, 9.17) is 17.3 Å². The molecule has 0 spiro atoms. The predicted molar refractivity (Wildman–Crippen MR) is 74.2 cm³/mol. The van der Waals surface area contributed by atoms with Crippen LogP contribution >= 0.6 is 24.0 Å². The third-order valence-corrected chi connectivity index (χ3v) is 4.62. The molecule has 0 bridgehead atoms.